The summed E-state index contributed by atoms with van der Waals surface area (Å²) in [5.41, 5.74) is 5.56. The molecule has 2 N–H and O–H groups in total. The van der Waals surface area contributed by atoms with E-state index in [0.29, 0.717) is 5.02 Å². The summed E-state index contributed by atoms with van der Waals surface area (Å²) in [5, 5.41) is 10.3. The van der Waals surface area contributed by atoms with E-state index in [1.165, 1.54) is 18.2 Å². The second-order valence-electron chi connectivity index (χ2n) is 2.03. The highest BCUT2D eigenvalue weighted by Crippen LogP contribution is 2.24. The zero-order chi connectivity index (χ0) is 9.14. The Kier molecular flexibility index (Phi) is 2.40. The molecule has 0 aliphatic rings. The second kappa shape index (κ2) is 3.32. The Balaban J connectivity index is 2.97. The third-order valence-electron chi connectivity index (χ3n) is 1.17. The monoisotopic (exact) mass is 186 g/mol. The van der Waals surface area contributed by atoms with Crippen molar-refractivity contribution in [1.82, 2.24) is 0 Å². The number of rotatable bonds is 1. The molecule has 0 aliphatic carbocycles. The van der Waals surface area contributed by atoms with Crippen LogP contribution in [0.5, 0.6) is 5.75 Å². The fraction of sp³-hybridized carbons (Fsp3) is 0. The van der Waals surface area contributed by atoms with E-state index in [1.807, 2.05) is 0 Å². The summed E-state index contributed by atoms with van der Waals surface area (Å²) < 4.78 is 4.22. The smallest absolute Gasteiger partial charge is 0.257 e. The van der Waals surface area contributed by atoms with E-state index in [2.05, 4.69) is 4.74 Å². The molecular formula is C7H5ClNO3-. The van der Waals surface area contributed by atoms with Crippen LogP contribution < -0.4 is 15.6 Å². The van der Waals surface area contributed by atoms with E-state index in [-0.39, 0.29) is 11.4 Å². The zero-order valence-electron chi connectivity index (χ0n) is 5.91. The highest BCUT2D eigenvalue weighted by Gasteiger charge is 1.98. The van der Waals surface area contributed by atoms with E-state index in [1.54, 1.807) is 0 Å². The average Bonchev–Trinajstić information content (AvgIpc) is 1.96. The number of hydrogen-bond donors (Lipinski definition) is 1. The normalized spacial score (nSPS) is 9.42. The summed E-state index contributed by atoms with van der Waals surface area (Å²) >= 11 is 5.55. The molecule has 64 valence electrons. The SMILES string of the molecule is Nc1ccc(Cl)cc1OC(=O)[O-]. The number of benzene rings is 1. The molecule has 0 unspecified atom stereocenters. The molecule has 4 nitrogen and oxygen atoms in total. The molecule has 0 fully saturated rings. The van der Waals surface area contributed by atoms with Crippen LogP contribution >= 0.6 is 11.6 Å². The molecule has 1 aromatic carbocycles. The van der Waals surface area contributed by atoms with Gasteiger partial charge >= 0.3 is 0 Å². The van der Waals surface area contributed by atoms with Crippen molar-refractivity contribution >= 4 is 23.4 Å². The van der Waals surface area contributed by atoms with Crippen LogP contribution in [0.4, 0.5) is 10.5 Å². The van der Waals surface area contributed by atoms with Crippen LogP contribution in [0, 0.1) is 0 Å². The van der Waals surface area contributed by atoms with Crippen molar-refractivity contribution in [1.29, 1.82) is 0 Å². The van der Waals surface area contributed by atoms with E-state index >= 15 is 0 Å². The molecule has 0 atom stereocenters. The summed E-state index contributed by atoms with van der Waals surface area (Å²) in [6.45, 7) is 0. The maximum Gasteiger partial charge on any atom is 0.257 e. The van der Waals surface area contributed by atoms with Gasteiger partial charge in [0.25, 0.3) is 6.16 Å². The highest BCUT2D eigenvalue weighted by atomic mass is 35.5. The lowest BCUT2D eigenvalue weighted by Gasteiger charge is -2.10. The van der Waals surface area contributed by atoms with Gasteiger partial charge in [-0.25, -0.2) is 0 Å². The molecule has 0 bridgehead atoms. The molecule has 0 aliphatic heterocycles. The minimum Gasteiger partial charge on any atom is -0.512 e. The molecule has 5 heteroatoms. The standard InChI is InChI=1S/C7H6ClNO3/c8-4-1-2-5(9)6(3-4)12-7(10)11/h1-3H,9H2,(H,10,11)/p-1. The van der Waals surface area contributed by atoms with Gasteiger partial charge in [-0.3, -0.25) is 0 Å². The summed E-state index contributed by atoms with van der Waals surface area (Å²) in [4.78, 5) is 10.0. The second-order valence-corrected chi connectivity index (χ2v) is 2.47. The zero-order valence-corrected chi connectivity index (χ0v) is 6.67. The summed E-state index contributed by atoms with van der Waals surface area (Å²) in [6.07, 6.45) is -1.66. The van der Waals surface area contributed by atoms with Gasteiger partial charge in [0, 0.05) is 5.02 Å². The van der Waals surface area contributed by atoms with Gasteiger partial charge in [0.15, 0.2) is 0 Å². The average molecular weight is 187 g/mol. The largest absolute Gasteiger partial charge is 0.512 e. The maximum absolute atomic E-state index is 10.0. The van der Waals surface area contributed by atoms with Gasteiger partial charge in [-0.15, -0.1) is 0 Å². The highest BCUT2D eigenvalue weighted by molar-refractivity contribution is 6.30. The number of carboxylic acid groups (broad SMARTS) is 1. The van der Waals surface area contributed by atoms with E-state index in [9.17, 15) is 9.90 Å². The lowest BCUT2D eigenvalue weighted by molar-refractivity contribution is -0.271. The first-order valence-corrected chi connectivity index (χ1v) is 3.41. The minimum absolute atomic E-state index is 0.0116. The number of nitrogen functional groups attached to an aromatic ring is 1. The van der Waals surface area contributed by atoms with Crippen molar-refractivity contribution in [2.24, 2.45) is 0 Å². The van der Waals surface area contributed by atoms with Crippen LogP contribution in [0.15, 0.2) is 18.2 Å². The molecule has 0 saturated carbocycles. The molecule has 0 heterocycles. The Morgan fingerprint density at radius 1 is 1.58 bits per heavy atom. The van der Waals surface area contributed by atoms with Crippen molar-refractivity contribution < 1.29 is 14.6 Å². The van der Waals surface area contributed by atoms with Crippen LogP contribution in [-0.2, 0) is 0 Å². The topological polar surface area (TPSA) is 75.4 Å². The van der Waals surface area contributed by atoms with Gasteiger partial charge in [-0.1, -0.05) is 11.6 Å². The Bertz CT molecular complexity index is 314. The summed E-state index contributed by atoms with van der Waals surface area (Å²) in [5.74, 6) is -0.0116. The van der Waals surface area contributed by atoms with Crippen molar-refractivity contribution in [2.45, 2.75) is 0 Å². The fourth-order valence-corrected chi connectivity index (χ4v) is 0.848. The van der Waals surface area contributed by atoms with Gasteiger partial charge in [-0.2, -0.15) is 0 Å². The predicted molar refractivity (Wildman–Crippen MR) is 41.9 cm³/mol. The Labute approximate surface area is 73.5 Å². The third-order valence-corrected chi connectivity index (χ3v) is 1.40. The molecule has 1 rings (SSSR count). The van der Waals surface area contributed by atoms with Crippen LogP contribution in [0.2, 0.25) is 5.02 Å². The van der Waals surface area contributed by atoms with Crippen LogP contribution in [0.3, 0.4) is 0 Å². The number of ether oxygens (including phenoxy) is 1. The number of carbonyl (C=O) groups excluding carboxylic acids is 1. The molecule has 0 amide bonds. The van der Waals surface area contributed by atoms with Crippen LogP contribution in [0.1, 0.15) is 0 Å². The van der Waals surface area contributed by atoms with Crippen molar-refractivity contribution in [3.05, 3.63) is 23.2 Å². The van der Waals surface area contributed by atoms with Gasteiger partial charge in [0.1, 0.15) is 0 Å². The predicted octanol–water partition coefficient (Wildman–Crippen LogP) is 0.644. The Morgan fingerprint density at radius 2 is 2.25 bits per heavy atom. The molecule has 0 saturated heterocycles. The maximum atomic E-state index is 10.0. The summed E-state index contributed by atoms with van der Waals surface area (Å²) in [7, 11) is 0. The molecule has 0 radical (unpaired) electrons. The van der Waals surface area contributed by atoms with E-state index < -0.39 is 6.16 Å². The minimum atomic E-state index is -1.66. The Morgan fingerprint density at radius 3 is 2.83 bits per heavy atom. The molecule has 0 spiro atoms. The van der Waals surface area contributed by atoms with Gasteiger partial charge in [0.2, 0.25) is 0 Å². The lowest BCUT2D eigenvalue weighted by Crippen LogP contribution is -2.26. The van der Waals surface area contributed by atoms with Crippen molar-refractivity contribution in [3.63, 3.8) is 0 Å². The number of halogens is 1. The van der Waals surface area contributed by atoms with Crippen molar-refractivity contribution in [3.8, 4) is 5.75 Å². The lowest BCUT2D eigenvalue weighted by atomic mass is 10.3. The molecule has 0 aromatic heterocycles. The molecule has 12 heavy (non-hydrogen) atoms. The molecular weight excluding hydrogens is 182 g/mol. The number of carbonyl (C=O) groups is 1. The van der Waals surface area contributed by atoms with E-state index in [0.717, 1.165) is 0 Å². The first kappa shape index (κ1) is 8.67. The third kappa shape index (κ3) is 2.03. The summed E-state index contributed by atoms with van der Waals surface area (Å²) in [6, 6.07) is 4.27. The number of anilines is 1. The van der Waals surface area contributed by atoms with Crippen LogP contribution in [0.25, 0.3) is 0 Å². The fourth-order valence-electron chi connectivity index (χ4n) is 0.686. The quantitative estimate of drug-likeness (QED) is 0.397. The van der Waals surface area contributed by atoms with Gasteiger partial charge < -0.3 is 20.4 Å². The Hall–Kier alpha value is -1.42. The number of hydrogen-bond acceptors (Lipinski definition) is 4. The molecule has 1 aromatic rings. The van der Waals surface area contributed by atoms with Gasteiger partial charge in [0.05, 0.1) is 11.4 Å². The first-order chi connectivity index (χ1) is 5.59. The van der Waals surface area contributed by atoms with E-state index in [4.69, 9.17) is 17.3 Å². The number of nitrogens with two attached hydrogens (primary N) is 1. The van der Waals surface area contributed by atoms with Gasteiger partial charge in [-0.05, 0) is 18.2 Å². The van der Waals surface area contributed by atoms with Crippen molar-refractivity contribution in [2.75, 3.05) is 5.73 Å². The first-order valence-electron chi connectivity index (χ1n) is 3.03. The van der Waals surface area contributed by atoms with Crippen LogP contribution in [-0.4, -0.2) is 6.16 Å².